The van der Waals surface area contributed by atoms with Crippen LogP contribution in [0.1, 0.15) is 64.6 Å². The van der Waals surface area contributed by atoms with Gasteiger partial charge in [0.25, 0.3) is 0 Å². The lowest BCUT2D eigenvalue weighted by Crippen LogP contribution is -2.28. The van der Waals surface area contributed by atoms with Gasteiger partial charge in [-0.3, -0.25) is 14.4 Å². The van der Waals surface area contributed by atoms with E-state index in [9.17, 15) is 14.4 Å². The van der Waals surface area contributed by atoms with Crippen LogP contribution in [-0.4, -0.2) is 17.3 Å². The monoisotopic (exact) mass is 398 g/mol. The lowest BCUT2D eigenvalue weighted by Gasteiger charge is -2.26. The molecule has 0 aliphatic rings. The number of hydrogen-bond acceptors (Lipinski definition) is 3. The van der Waals surface area contributed by atoms with E-state index in [1.165, 1.54) is 0 Å². The van der Waals surface area contributed by atoms with Crippen molar-refractivity contribution in [3.8, 4) is 0 Å². The third-order valence-corrected chi connectivity index (χ3v) is 5.91. The summed E-state index contributed by atoms with van der Waals surface area (Å²) in [4.78, 5) is 39.2. The topological polar surface area (TPSA) is 51.2 Å². The molecule has 152 valence electrons. The molecular weight excluding hydrogens is 372 g/mol. The van der Waals surface area contributed by atoms with Crippen LogP contribution >= 0.6 is 0 Å². The van der Waals surface area contributed by atoms with Crippen molar-refractivity contribution >= 4 is 17.3 Å². The average molecular weight is 399 g/mol. The van der Waals surface area contributed by atoms with Crippen LogP contribution in [0.5, 0.6) is 0 Å². The number of carbonyl (C=O) groups is 3. The fourth-order valence-corrected chi connectivity index (χ4v) is 3.60. The third-order valence-electron chi connectivity index (χ3n) is 5.91. The van der Waals surface area contributed by atoms with Crippen LogP contribution in [-0.2, 0) is 11.2 Å². The van der Waals surface area contributed by atoms with Gasteiger partial charge in [0.2, 0.25) is 0 Å². The van der Waals surface area contributed by atoms with Crippen molar-refractivity contribution in [1.82, 2.24) is 0 Å². The van der Waals surface area contributed by atoms with E-state index in [1.54, 1.807) is 67.6 Å². The molecule has 0 aromatic heterocycles. The van der Waals surface area contributed by atoms with Crippen LogP contribution in [0.4, 0.5) is 0 Å². The maximum Gasteiger partial charge on any atom is 0.194 e. The molecule has 1 atom stereocenters. The van der Waals surface area contributed by atoms with Gasteiger partial charge in [0.1, 0.15) is 5.78 Å². The minimum Gasteiger partial charge on any atom is -0.299 e. The zero-order valence-corrected chi connectivity index (χ0v) is 17.6. The summed E-state index contributed by atoms with van der Waals surface area (Å²) in [6, 6.07) is 23.3. The Kier molecular flexibility index (Phi) is 6.41. The summed E-state index contributed by atoms with van der Waals surface area (Å²) < 4.78 is 0. The molecule has 30 heavy (non-hydrogen) atoms. The van der Waals surface area contributed by atoms with Gasteiger partial charge in [-0.2, -0.15) is 0 Å². The quantitative estimate of drug-likeness (QED) is 0.458. The number of hydrogen-bond donors (Lipinski definition) is 0. The molecule has 0 heterocycles. The molecule has 0 bridgehead atoms. The smallest absolute Gasteiger partial charge is 0.194 e. The van der Waals surface area contributed by atoms with E-state index in [4.69, 9.17) is 0 Å². The number of benzene rings is 3. The molecule has 0 N–H and O–H groups in total. The molecule has 3 heteroatoms. The van der Waals surface area contributed by atoms with Crippen LogP contribution in [0.2, 0.25) is 0 Å². The van der Waals surface area contributed by atoms with Gasteiger partial charge in [-0.1, -0.05) is 92.7 Å². The normalized spacial score (nSPS) is 12.8. The largest absolute Gasteiger partial charge is 0.299 e. The highest BCUT2D eigenvalue weighted by Crippen LogP contribution is 2.32. The van der Waals surface area contributed by atoms with Crippen LogP contribution in [0.25, 0.3) is 0 Å². The summed E-state index contributed by atoms with van der Waals surface area (Å²) >= 11 is 0. The Morgan fingerprint density at radius 1 is 0.733 bits per heavy atom. The van der Waals surface area contributed by atoms with E-state index < -0.39 is 5.41 Å². The molecular formula is C27H26O3. The summed E-state index contributed by atoms with van der Waals surface area (Å²) in [6.45, 7) is 5.47. The molecule has 0 spiro atoms. The Labute approximate surface area is 177 Å². The second kappa shape index (κ2) is 9.00. The van der Waals surface area contributed by atoms with E-state index in [1.807, 2.05) is 32.0 Å². The minimum absolute atomic E-state index is 0.0721. The number of ketones is 3. The maximum atomic E-state index is 13.5. The molecule has 3 rings (SSSR count). The van der Waals surface area contributed by atoms with Gasteiger partial charge in [0.15, 0.2) is 11.6 Å². The first-order valence-corrected chi connectivity index (χ1v) is 10.2. The van der Waals surface area contributed by atoms with Crippen molar-refractivity contribution in [2.45, 2.75) is 33.6 Å². The molecule has 3 nitrogen and oxygen atoms in total. The summed E-state index contributed by atoms with van der Waals surface area (Å²) in [5, 5.41) is 0. The first-order chi connectivity index (χ1) is 14.4. The van der Waals surface area contributed by atoms with Gasteiger partial charge in [0, 0.05) is 27.7 Å². The summed E-state index contributed by atoms with van der Waals surface area (Å²) in [6.07, 6.45) is 1.06. The van der Waals surface area contributed by atoms with E-state index in [-0.39, 0.29) is 17.3 Å². The SMILES string of the molecule is CCC(C)(Cc1cccc(C(=O)c2ccccc2)c1C(=O)c1ccccc1)C(C)=O. The van der Waals surface area contributed by atoms with Crippen LogP contribution < -0.4 is 0 Å². The highest BCUT2D eigenvalue weighted by Gasteiger charge is 2.31. The molecule has 0 amide bonds. The summed E-state index contributed by atoms with van der Waals surface area (Å²) in [5.41, 5.74) is 1.94. The molecule has 0 fully saturated rings. The van der Waals surface area contributed by atoms with Crippen molar-refractivity contribution < 1.29 is 14.4 Å². The van der Waals surface area contributed by atoms with Crippen LogP contribution in [0.3, 0.4) is 0 Å². The van der Waals surface area contributed by atoms with Crippen molar-refractivity contribution in [1.29, 1.82) is 0 Å². The van der Waals surface area contributed by atoms with Crippen molar-refractivity contribution in [2.75, 3.05) is 0 Å². The Bertz CT molecular complexity index is 1070. The number of Topliss-reactive ketones (excluding diaryl/α,β-unsaturated/α-hetero) is 1. The lowest BCUT2D eigenvalue weighted by molar-refractivity contribution is -0.125. The standard InChI is InChI=1S/C27H26O3/c1-4-27(3,19(2)28)18-22-16-11-17-23(25(29)20-12-7-5-8-13-20)24(22)26(30)21-14-9-6-10-15-21/h5-17H,4,18H2,1-3H3. The Morgan fingerprint density at radius 2 is 1.27 bits per heavy atom. The van der Waals surface area contributed by atoms with E-state index in [2.05, 4.69) is 0 Å². The first-order valence-electron chi connectivity index (χ1n) is 10.2. The lowest BCUT2D eigenvalue weighted by atomic mass is 9.75. The fourth-order valence-electron chi connectivity index (χ4n) is 3.60. The van der Waals surface area contributed by atoms with Gasteiger partial charge in [-0.25, -0.2) is 0 Å². The Hall–Kier alpha value is -3.33. The molecule has 3 aromatic carbocycles. The van der Waals surface area contributed by atoms with Crippen LogP contribution in [0, 0.1) is 5.41 Å². The predicted octanol–water partition coefficient (Wildman–Crippen LogP) is 5.70. The summed E-state index contributed by atoms with van der Waals surface area (Å²) in [7, 11) is 0. The van der Waals surface area contributed by atoms with E-state index >= 15 is 0 Å². The first kappa shape index (κ1) is 21.4. The average Bonchev–Trinajstić information content (AvgIpc) is 2.79. The Balaban J connectivity index is 2.19. The van der Waals surface area contributed by atoms with Gasteiger partial charge in [-0.15, -0.1) is 0 Å². The van der Waals surface area contributed by atoms with Gasteiger partial charge >= 0.3 is 0 Å². The van der Waals surface area contributed by atoms with E-state index in [0.29, 0.717) is 35.1 Å². The van der Waals surface area contributed by atoms with Crippen molar-refractivity contribution in [2.24, 2.45) is 5.41 Å². The highest BCUT2D eigenvalue weighted by molar-refractivity contribution is 6.20. The van der Waals surface area contributed by atoms with Crippen molar-refractivity contribution in [3.05, 3.63) is 107 Å². The fraction of sp³-hybridized carbons (Fsp3) is 0.222. The van der Waals surface area contributed by atoms with E-state index in [0.717, 1.165) is 5.56 Å². The molecule has 0 radical (unpaired) electrons. The van der Waals surface area contributed by atoms with Crippen LogP contribution in [0.15, 0.2) is 78.9 Å². The molecule has 1 unspecified atom stereocenters. The van der Waals surface area contributed by atoms with Crippen molar-refractivity contribution in [3.63, 3.8) is 0 Å². The molecule has 0 aliphatic heterocycles. The second-order valence-corrected chi connectivity index (χ2v) is 7.88. The van der Waals surface area contributed by atoms with Gasteiger partial charge in [0.05, 0.1) is 0 Å². The molecule has 0 saturated carbocycles. The maximum absolute atomic E-state index is 13.5. The molecule has 0 saturated heterocycles. The zero-order chi connectivity index (χ0) is 21.7. The third kappa shape index (κ3) is 4.30. The van der Waals surface area contributed by atoms with Gasteiger partial charge < -0.3 is 0 Å². The zero-order valence-electron chi connectivity index (χ0n) is 17.6. The molecule has 3 aromatic rings. The highest BCUT2D eigenvalue weighted by atomic mass is 16.1. The second-order valence-electron chi connectivity index (χ2n) is 7.88. The minimum atomic E-state index is -0.597. The Morgan fingerprint density at radius 3 is 1.77 bits per heavy atom. The predicted molar refractivity (Wildman–Crippen MR) is 119 cm³/mol. The molecule has 0 aliphatic carbocycles. The van der Waals surface area contributed by atoms with Gasteiger partial charge in [-0.05, 0) is 25.3 Å². The number of carbonyl (C=O) groups excluding carboxylic acids is 3. The number of rotatable bonds is 8. The summed E-state index contributed by atoms with van der Waals surface area (Å²) in [5.74, 6) is -0.326.